The fourth-order valence-corrected chi connectivity index (χ4v) is 3.58. The lowest BCUT2D eigenvalue weighted by Crippen LogP contribution is -2.14. The van der Waals surface area contributed by atoms with Gasteiger partial charge in [-0.05, 0) is 54.4 Å². The molecule has 0 atom stereocenters. The number of imidazole rings is 1. The van der Waals surface area contributed by atoms with Gasteiger partial charge in [-0.3, -0.25) is 0 Å². The first-order valence-electron chi connectivity index (χ1n) is 10.1. The van der Waals surface area contributed by atoms with Crippen molar-refractivity contribution in [2.45, 2.75) is 26.6 Å². The second kappa shape index (κ2) is 10.1. The topological polar surface area (TPSA) is 59.2 Å². The third-order valence-corrected chi connectivity index (χ3v) is 5.49. The van der Waals surface area contributed by atoms with Gasteiger partial charge in [-0.15, -0.1) is 0 Å². The highest BCUT2D eigenvalue weighted by atomic mass is 35.5. The summed E-state index contributed by atoms with van der Waals surface area (Å²) in [7, 11) is 0. The Morgan fingerprint density at radius 3 is 2.52 bits per heavy atom. The highest BCUT2D eigenvalue weighted by Gasteiger charge is 2.09. The summed E-state index contributed by atoms with van der Waals surface area (Å²) >= 11 is 12.1. The molecule has 4 aromatic rings. The summed E-state index contributed by atoms with van der Waals surface area (Å²) in [6.45, 7) is 4.22. The Bertz CT molecular complexity index is 1140. The third kappa shape index (κ3) is 5.50. The van der Waals surface area contributed by atoms with Gasteiger partial charge in [-0.1, -0.05) is 47.5 Å². The van der Waals surface area contributed by atoms with Crippen LogP contribution < -0.4 is 14.8 Å². The highest BCUT2D eigenvalue weighted by Crippen LogP contribution is 2.30. The van der Waals surface area contributed by atoms with Gasteiger partial charge in [0.25, 0.3) is 0 Å². The van der Waals surface area contributed by atoms with Crippen molar-refractivity contribution in [2.24, 2.45) is 0 Å². The molecule has 3 aromatic carbocycles. The molecule has 0 spiro atoms. The van der Waals surface area contributed by atoms with E-state index in [1.807, 2.05) is 55.5 Å². The maximum atomic E-state index is 6.09. The quantitative estimate of drug-likeness (QED) is 0.318. The zero-order valence-corrected chi connectivity index (χ0v) is 18.6. The Morgan fingerprint density at radius 1 is 0.871 bits per heavy atom. The number of nitrogens with one attached hydrogen (secondary N) is 2. The van der Waals surface area contributed by atoms with Crippen LogP contribution in [-0.4, -0.2) is 16.6 Å². The standard InChI is InChI=1S/C24H23Cl2N3O2/c1-2-30-23-12-16(13-27-14-24-28-20-5-3-4-6-21(20)29-24)8-10-22(23)31-15-17-7-9-18(25)19(26)11-17/h3-12,27H,2,13-15H2,1H3,(H,28,29). The maximum Gasteiger partial charge on any atom is 0.161 e. The van der Waals surface area contributed by atoms with E-state index in [0.29, 0.717) is 47.8 Å². The Morgan fingerprint density at radius 2 is 1.71 bits per heavy atom. The Kier molecular flexibility index (Phi) is 6.97. The molecule has 160 valence electrons. The van der Waals surface area contributed by atoms with Crippen LogP contribution in [0.5, 0.6) is 11.5 Å². The maximum absolute atomic E-state index is 6.09. The molecule has 0 aliphatic heterocycles. The van der Waals surface area contributed by atoms with Crippen molar-refractivity contribution in [1.29, 1.82) is 0 Å². The van der Waals surface area contributed by atoms with Crippen molar-refractivity contribution in [2.75, 3.05) is 6.61 Å². The van der Waals surface area contributed by atoms with E-state index in [4.69, 9.17) is 32.7 Å². The minimum absolute atomic E-state index is 0.376. The zero-order chi connectivity index (χ0) is 21.6. The smallest absolute Gasteiger partial charge is 0.161 e. The van der Waals surface area contributed by atoms with Crippen molar-refractivity contribution < 1.29 is 9.47 Å². The molecule has 4 rings (SSSR count). The van der Waals surface area contributed by atoms with E-state index in [1.165, 1.54) is 0 Å². The number of nitrogens with zero attached hydrogens (tertiary/aromatic N) is 1. The van der Waals surface area contributed by atoms with Crippen molar-refractivity contribution in [3.63, 3.8) is 0 Å². The predicted octanol–water partition coefficient (Wildman–Crippen LogP) is 6.14. The van der Waals surface area contributed by atoms with Crippen molar-refractivity contribution in [3.8, 4) is 11.5 Å². The molecule has 0 saturated carbocycles. The van der Waals surface area contributed by atoms with Gasteiger partial charge < -0.3 is 19.8 Å². The summed E-state index contributed by atoms with van der Waals surface area (Å²) in [5, 5.41) is 4.46. The molecule has 0 aliphatic carbocycles. The number of hydrogen-bond donors (Lipinski definition) is 2. The lowest BCUT2D eigenvalue weighted by Gasteiger charge is -2.14. The molecule has 0 amide bonds. The number of rotatable bonds is 9. The summed E-state index contributed by atoms with van der Waals surface area (Å²) in [6, 6.07) is 19.4. The Labute approximate surface area is 191 Å². The van der Waals surface area contributed by atoms with Gasteiger partial charge in [0.1, 0.15) is 12.4 Å². The summed E-state index contributed by atoms with van der Waals surface area (Å²) in [5.41, 5.74) is 4.05. The van der Waals surface area contributed by atoms with E-state index in [9.17, 15) is 0 Å². The summed E-state index contributed by atoms with van der Waals surface area (Å²) in [5.74, 6) is 2.31. The molecule has 1 heterocycles. The number of para-hydroxylation sites is 2. The summed E-state index contributed by atoms with van der Waals surface area (Å²) < 4.78 is 11.8. The third-order valence-electron chi connectivity index (χ3n) is 4.75. The minimum atomic E-state index is 0.376. The number of aromatic amines is 1. The van der Waals surface area contributed by atoms with Crippen molar-refractivity contribution in [3.05, 3.63) is 87.7 Å². The largest absolute Gasteiger partial charge is 0.490 e. The molecule has 0 aliphatic rings. The normalized spacial score (nSPS) is 11.1. The molecular weight excluding hydrogens is 433 g/mol. The Hall–Kier alpha value is -2.73. The van der Waals surface area contributed by atoms with E-state index in [-0.39, 0.29) is 0 Å². The van der Waals surface area contributed by atoms with Crippen molar-refractivity contribution >= 4 is 34.2 Å². The number of aromatic nitrogens is 2. The van der Waals surface area contributed by atoms with Crippen LogP contribution >= 0.6 is 23.2 Å². The van der Waals surface area contributed by atoms with Crippen LogP contribution in [0, 0.1) is 0 Å². The number of halogens is 2. The first-order valence-corrected chi connectivity index (χ1v) is 10.8. The molecular formula is C24H23Cl2N3O2. The van der Waals surface area contributed by atoms with E-state index >= 15 is 0 Å². The van der Waals surface area contributed by atoms with E-state index < -0.39 is 0 Å². The molecule has 0 saturated heterocycles. The fraction of sp³-hybridized carbons (Fsp3) is 0.208. The van der Waals surface area contributed by atoms with Crippen LogP contribution in [0.15, 0.2) is 60.7 Å². The molecule has 0 unspecified atom stereocenters. The van der Waals surface area contributed by atoms with E-state index in [0.717, 1.165) is 28.0 Å². The minimum Gasteiger partial charge on any atom is -0.490 e. The first kappa shape index (κ1) is 21.5. The van der Waals surface area contributed by atoms with Gasteiger partial charge in [-0.25, -0.2) is 4.98 Å². The molecule has 31 heavy (non-hydrogen) atoms. The number of benzene rings is 3. The van der Waals surface area contributed by atoms with Crippen LogP contribution in [-0.2, 0) is 19.7 Å². The molecule has 0 radical (unpaired) electrons. The lowest BCUT2D eigenvalue weighted by molar-refractivity contribution is 0.269. The van der Waals surface area contributed by atoms with E-state index in [2.05, 4.69) is 15.3 Å². The molecule has 7 heteroatoms. The van der Waals surface area contributed by atoms with Gasteiger partial charge in [0.15, 0.2) is 11.5 Å². The SMILES string of the molecule is CCOc1cc(CNCc2nc3ccccc3[nH]2)ccc1OCc1ccc(Cl)c(Cl)c1. The van der Waals surface area contributed by atoms with Crippen LogP contribution in [0.2, 0.25) is 10.0 Å². The zero-order valence-electron chi connectivity index (χ0n) is 17.1. The molecule has 5 nitrogen and oxygen atoms in total. The van der Waals surface area contributed by atoms with Crippen LogP contribution in [0.1, 0.15) is 23.9 Å². The highest BCUT2D eigenvalue weighted by molar-refractivity contribution is 6.42. The van der Waals surface area contributed by atoms with Gasteiger partial charge in [0, 0.05) is 6.54 Å². The number of H-pyrrole nitrogens is 1. The lowest BCUT2D eigenvalue weighted by atomic mass is 10.2. The molecule has 2 N–H and O–H groups in total. The van der Waals surface area contributed by atoms with Crippen molar-refractivity contribution in [1.82, 2.24) is 15.3 Å². The second-order valence-electron chi connectivity index (χ2n) is 7.06. The molecule has 1 aromatic heterocycles. The van der Waals surface area contributed by atoms with Gasteiger partial charge in [0.05, 0.1) is 34.2 Å². The van der Waals surface area contributed by atoms with Crippen LogP contribution in [0.3, 0.4) is 0 Å². The first-order chi connectivity index (χ1) is 15.1. The summed E-state index contributed by atoms with van der Waals surface area (Å²) in [4.78, 5) is 7.92. The predicted molar refractivity (Wildman–Crippen MR) is 125 cm³/mol. The van der Waals surface area contributed by atoms with Gasteiger partial charge in [0.2, 0.25) is 0 Å². The molecule has 0 bridgehead atoms. The van der Waals surface area contributed by atoms with Crippen LogP contribution in [0.25, 0.3) is 11.0 Å². The van der Waals surface area contributed by atoms with Gasteiger partial charge >= 0.3 is 0 Å². The second-order valence-corrected chi connectivity index (χ2v) is 7.87. The summed E-state index contributed by atoms with van der Waals surface area (Å²) in [6.07, 6.45) is 0. The van der Waals surface area contributed by atoms with Crippen LogP contribution in [0.4, 0.5) is 0 Å². The number of ether oxygens (including phenoxy) is 2. The Balaban J connectivity index is 1.38. The fourth-order valence-electron chi connectivity index (χ4n) is 3.26. The van der Waals surface area contributed by atoms with E-state index in [1.54, 1.807) is 12.1 Å². The average Bonchev–Trinajstić information content (AvgIpc) is 3.18. The molecule has 0 fully saturated rings. The monoisotopic (exact) mass is 455 g/mol. The van der Waals surface area contributed by atoms with Gasteiger partial charge in [-0.2, -0.15) is 0 Å². The number of hydrogen-bond acceptors (Lipinski definition) is 4. The number of fused-ring (bicyclic) bond motifs is 1. The average molecular weight is 456 g/mol.